The molecule has 0 radical (unpaired) electrons. The third-order valence-electron chi connectivity index (χ3n) is 5.09. The Morgan fingerprint density at radius 3 is 1.89 bits per heavy atom. The zero-order valence-electron chi connectivity index (χ0n) is 11.2. The lowest BCUT2D eigenvalue weighted by Gasteiger charge is -2.41. The van der Waals surface area contributed by atoms with E-state index in [1.54, 1.807) is 7.11 Å². The molecule has 2 saturated carbocycles. The summed E-state index contributed by atoms with van der Waals surface area (Å²) in [5, 5.41) is 0. The average molecular weight is 245 g/mol. The van der Waals surface area contributed by atoms with Crippen molar-refractivity contribution < 1.29 is 4.74 Å². The van der Waals surface area contributed by atoms with Crippen molar-refractivity contribution in [2.45, 2.75) is 42.9 Å². The Kier molecular flexibility index (Phi) is 2.95. The molecule has 0 aliphatic heterocycles. The molecule has 18 heavy (non-hydrogen) atoms. The largest absolute Gasteiger partial charge is 0.384 e. The van der Waals surface area contributed by atoms with Crippen molar-refractivity contribution in [2.75, 3.05) is 20.3 Å². The Morgan fingerprint density at radius 1 is 1.00 bits per heavy atom. The first-order valence-corrected chi connectivity index (χ1v) is 7.05. The first-order valence-electron chi connectivity index (χ1n) is 7.05. The molecule has 2 heteroatoms. The van der Waals surface area contributed by atoms with Crippen LogP contribution in [0.1, 0.15) is 43.2 Å². The molecule has 0 atom stereocenters. The van der Waals surface area contributed by atoms with Crippen molar-refractivity contribution >= 4 is 0 Å². The van der Waals surface area contributed by atoms with Gasteiger partial charge in [-0.15, -0.1) is 0 Å². The standard InChI is InChI=1S/C16H23NO/c1-18-12-16(9-10-16)14-5-3-13(4-6-14)15(11-17)7-2-8-15/h3-6H,2,7-12,17H2,1H3. The summed E-state index contributed by atoms with van der Waals surface area (Å²) in [7, 11) is 1.80. The Morgan fingerprint density at radius 2 is 1.56 bits per heavy atom. The molecule has 0 amide bonds. The molecule has 1 aromatic carbocycles. The van der Waals surface area contributed by atoms with Crippen LogP contribution in [0, 0.1) is 0 Å². The molecule has 2 aliphatic carbocycles. The fraction of sp³-hybridized carbons (Fsp3) is 0.625. The van der Waals surface area contributed by atoms with E-state index < -0.39 is 0 Å². The van der Waals surface area contributed by atoms with Gasteiger partial charge in [-0.1, -0.05) is 30.7 Å². The summed E-state index contributed by atoms with van der Waals surface area (Å²) >= 11 is 0. The second kappa shape index (κ2) is 4.36. The van der Waals surface area contributed by atoms with Crippen LogP contribution in [0.4, 0.5) is 0 Å². The fourth-order valence-corrected chi connectivity index (χ4v) is 3.34. The maximum Gasteiger partial charge on any atom is 0.0559 e. The minimum Gasteiger partial charge on any atom is -0.384 e. The lowest BCUT2D eigenvalue weighted by molar-refractivity contribution is 0.171. The number of hydrogen-bond donors (Lipinski definition) is 1. The molecule has 1 aromatic rings. The molecule has 2 N–H and O–H groups in total. The SMILES string of the molecule is COCC1(c2ccc(C3(CN)CCC3)cc2)CC1. The van der Waals surface area contributed by atoms with Crippen molar-refractivity contribution in [1.29, 1.82) is 0 Å². The molecule has 2 nitrogen and oxygen atoms in total. The predicted molar refractivity (Wildman–Crippen MR) is 73.8 cm³/mol. The van der Waals surface area contributed by atoms with Crippen molar-refractivity contribution in [3.63, 3.8) is 0 Å². The van der Waals surface area contributed by atoms with Gasteiger partial charge in [0.1, 0.15) is 0 Å². The van der Waals surface area contributed by atoms with E-state index in [0.717, 1.165) is 13.2 Å². The zero-order valence-corrected chi connectivity index (χ0v) is 11.2. The molecule has 2 fully saturated rings. The van der Waals surface area contributed by atoms with Crippen molar-refractivity contribution in [2.24, 2.45) is 5.73 Å². The monoisotopic (exact) mass is 245 g/mol. The van der Waals surface area contributed by atoms with E-state index in [4.69, 9.17) is 10.5 Å². The zero-order chi connectivity index (χ0) is 12.6. The smallest absolute Gasteiger partial charge is 0.0559 e. The van der Waals surface area contributed by atoms with Gasteiger partial charge in [0.2, 0.25) is 0 Å². The summed E-state index contributed by atoms with van der Waals surface area (Å²) in [6.07, 6.45) is 6.37. The maximum absolute atomic E-state index is 5.96. The molecule has 0 spiro atoms. The fourth-order valence-electron chi connectivity index (χ4n) is 3.34. The average Bonchev–Trinajstić information content (AvgIpc) is 3.11. The first-order chi connectivity index (χ1) is 8.75. The van der Waals surface area contributed by atoms with Gasteiger partial charge in [0.25, 0.3) is 0 Å². The van der Waals surface area contributed by atoms with Gasteiger partial charge in [-0.3, -0.25) is 0 Å². The number of hydrogen-bond acceptors (Lipinski definition) is 2. The normalized spacial score (nSPS) is 23.4. The van der Waals surface area contributed by atoms with Gasteiger partial charge in [-0.2, -0.15) is 0 Å². The molecular formula is C16H23NO. The van der Waals surface area contributed by atoms with E-state index in [0.29, 0.717) is 5.41 Å². The van der Waals surface area contributed by atoms with E-state index in [-0.39, 0.29) is 5.41 Å². The highest BCUT2D eigenvalue weighted by Crippen LogP contribution is 2.49. The van der Waals surface area contributed by atoms with Crippen LogP contribution < -0.4 is 5.73 Å². The van der Waals surface area contributed by atoms with Gasteiger partial charge in [0.05, 0.1) is 6.61 Å². The van der Waals surface area contributed by atoms with Crippen molar-refractivity contribution in [3.05, 3.63) is 35.4 Å². The topological polar surface area (TPSA) is 35.2 Å². The molecule has 0 bridgehead atoms. The van der Waals surface area contributed by atoms with E-state index in [9.17, 15) is 0 Å². The van der Waals surface area contributed by atoms with Gasteiger partial charge < -0.3 is 10.5 Å². The second-order valence-electron chi connectivity index (χ2n) is 6.13. The van der Waals surface area contributed by atoms with Gasteiger partial charge >= 0.3 is 0 Å². The lowest BCUT2D eigenvalue weighted by atomic mass is 9.64. The molecule has 3 rings (SSSR count). The number of ether oxygens (including phenoxy) is 1. The van der Waals surface area contributed by atoms with Crippen molar-refractivity contribution in [1.82, 2.24) is 0 Å². The highest BCUT2D eigenvalue weighted by molar-refractivity contribution is 5.37. The number of benzene rings is 1. The van der Waals surface area contributed by atoms with Crippen LogP contribution in [0.2, 0.25) is 0 Å². The summed E-state index contributed by atoms with van der Waals surface area (Å²) in [6, 6.07) is 9.21. The molecule has 0 unspecified atom stereocenters. The summed E-state index contributed by atoms with van der Waals surface area (Å²) in [5.74, 6) is 0. The van der Waals surface area contributed by atoms with Crippen LogP contribution in [0.15, 0.2) is 24.3 Å². The van der Waals surface area contributed by atoms with Crippen LogP contribution in [0.5, 0.6) is 0 Å². The van der Waals surface area contributed by atoms with Gasteiger partial charge in [0, 0.05) is 24.5 Å². The van der Waals surface area contributed by atoms with E-state index in [2.05, 4.69) is 24.3 Å². The Bertz CT molecular complexity index is 410. The summed E-state index contributed by atoms with van der Waals surface area (Å²) in [5.41, 5.74) is 9.46. The van der Waals surface area contributed by atoms with Gasteiger partial charge in [-0.25, -0.2) is 0 Å². The minimum absolute atomic E-state index is 0.288. The van der Waals surface area contributed by atoms with Crippen molar-refractivity contribution in [3.8, 4) is 0 Å². The quantitative estimate of drug-likeness (QED) is 0.865. The van der Waals surface area contributed by atoms with Gasteiger partial charge in [0.15, 0.2) is 0 Å². The van der Waals surface area contributed by atoms with Crippen LogP contribution >= 0.6 is 0 Å². The van der Waals surface area contributed by atoms with E-state index >= 15 is 0 Å². The molecule has 0 saturated heterocycles. The first kappa shape index (κ1) is 12.2. The highest BCUT2D eigenvalue weighted by Gasteiger charge is 2.44. The highest BCUT2D eigenvalue weighted by atomic mass is 16.5. The lowest BCUT2D eigenvalue weighted by Crippen LogP contribution is -2.41. The Balaban J connectivity index is 1.81. The molecule has 98 valence electrons. The Labute approximate surface area is 110 Å². The summed E-state index contributed by atoms with van der Waals surface area (Å²) < 4.78 is 5.35. The van der Waals surface area contributed by atoms with E-state index in [1.807, 2.05) is 0 Å². The maximum atomic E-state index is 5.96. The predicted octanol–water partition coefficient (Wildman–Crippen LogP) is 2.75. The second-order valence-corrected chi connectivity index (χ2v) is 6.13. The molecular weight excluding hydrogens is 222 g/mol. The molecule has 2 aliphatic rings. The van der Waals surface area contributed by atoms with Crippen LogP contribution in [0.3, 0.4) is 0 Å². The molecule has 0 aromatic heterocycles. The summed E-state index contributed by atoms with van der Waals surface area (Å²) in [4.78, 5) is 0. The number of nitrogens with two attached hydrogens (primary N) is 1. The minimum atomic E-state index is 0.288. The van der Waals surface area contributed by atoms with Gasteiger partial charge in [-0.05, 0) is 36.8 Å². The van der Waals surface area contributed by atoms with Crippen LogP contribution in [0.25, 0.3) is 0 Å². The van der Waals surface area contributed by atoms with E-state index in [1.165, 1.54) is 43.2 Å². The third kappa shape index (κ3) is 1.79. The Hall–Kier alpha value is -0.860. The van der Waals surface area contributed by atoms with Crippen LogP contribution in [-0.4, -0.2) is 20.3 Å². The van der Waals surface area contributed by atoms with Crippen LogP contribution in [-0.2, 0) is 15.6 Å². The number of methoxy groups -OCH3 is 1. The molecule has 0 heterocycles. The summed E-state index contributed by atoms with van der Waals surface area (Å²) in [6.45, 7) is 1.64. The number of rotatable bonds is 5. The third-order valence-corrected chi connectivity index (χ3v) is 5.09.